The second-order valence-corrected chi connectivity index (χ2v) is 4.15. The number of benzene rings is 1. The number of nitrogens with zero attached hydrogens (tertiary/aromatic N) is 1. The predicted octanol–water partition coefficient (Wildman–Crippen LogP) is 3.52. The highest BCUT2D eigenvalue weighted by Gasteiger charge is 2.31. The van der Waals surface area contributed by atoms with Crippen LogP contribution in [0.2, 0.25) is 0 Å². The predicted molar refractivity (Wildman–Crippen MR) is 61.7 cm³/mol. The highest BCUT2D eigenvalue weighted by atomic mass is 35.5. The SMILES string of the molecule is CC(=O)C(Cl)c1ccc(OC(F)(F)F)cc1CC#N. The normalized spacial score (nSPS) is 12.6. The molecule has 0 amide bonds. The van der Waals surface area contributed by atoms with Crippen LogP contribution >= 0.6 is 11.6 Å². The van der Waals surface area contributed by atoms with Crippen LogP contribution in [0.15, 0.2) is 18.2 Å². The Morgan fingerprint density at radius 3 is 2.63 bits per heavy atom. The summed E-state index contributed by atoms with van der Waals surface area (Å²) in [5.41, 5.74) is 0.546. The zero-order valence-corrected chi connectivity index (χ0v) is 10.5. The van der Waals surface area contributed by atoms with Crippen LogP contribution in [0.1, 0.15) is 23.4 Å². The van der Waals surface area contributed by atoms with Crippen molar-refractivity contribution >= 4 is 17.4 Å². The van der Waals surface area contributed by atoms with E-state index in [0.29, 0.717) is 5.56 Å². The van der Waals surface area contributed by atoms with Crippen LogP contribution in [-0.4, -0.2) is 12.1 Å². The summed E-state index contributed by atoms with van der Waals surface area (Å²) in [4.78, 5) is 11.2. The minimum Gasteiger partial charge on any atom is -0.406 e. The molecule has 1 atom stereocenters. The number of rotatable bonds is 4. The molecule has 102 valence electrons. The molecule has 0 aliphatic carbocycles. The highest BCUT2D eigenvalue weighted by molar-refractivity contribution is 6.30. The van der Waals surface area contributed by atoms with Gasteiger partial charge in [-0.05, 0) is 30.2 Å². The zero-order valence-electron chi connectivity index (χ0n) is 9.79. The molecule has 0 aromatic heterocycles. The lowest BCUT2D eigenvalue weighted by Crippen LogP contribution is -2.17. The maximum absolute atomic E-state index is 12.1. The van der Waals surface area contributed by atoms with Crippen LogP contribution in [0.3, 0.4) is 0 Å². The number of halogens is 4. The standard InChI is InChI=1S/C12H9ClF3NO2/c1-7(18)11(13)10-3-2-9(19-12(14,15)16)6-8(10)4-5-17/h2-3,6,11H,4H2,1H3. The van der Waals surface area contributed by atoms with E-state index in [1.54, 1.807) is 6.07 Å². The summed E-state index contributed by atoms with van der Waals surface area (Å²) in [5.74, 6) is -0.806. The average molecular weight is 292 g/mol. The van der Waals surface area contributed by atoms with E-state index in [9.17, 15) is 18.0 Å². The van der Waals surface area contributed by atoms with Gasteiger partial charge in [0.05, 0.1) is 12.5 Å². The summed E-state index contributed by atoms with van der Waals surface area (Å²) in [7, 11) is 0. The van der Waals surface area contributed by atoms with Crippen LogP contribution in [0, 0.1) is 11.3 Å². The van der Waals surface area contributed by atoms with Crippen molar-refractivity contribution in [2.24, 2.45) is 0 Å². The molecule has 1 aromatic carbocycles. The third kappa shape index (κ3) is 4.45. The highest BCUT2D eigenvalue weighted by Crippen LogP contribution is 2.30. The molecule has 0 aliphatic heterocycles. The molecule has 0 radical (unpaired) electrons. The fraction of sp³-hybridized carbons (Fsp3) is 0.333. The summed E-state index contributed by atoms with van der Waals surface area (Å²) < 4.78 is 40.0. The van der Waals surface area contributed by atoms with Gasteiger partial charge in [-0.3, -0.25) is 4.79 Å². The molecule has 0 N–H and O–H groups in total. The number of ketones is 1. The van der Waals surface area contributed by atoms with Crippen molar-refractivity contribution < 1.29 is 22.7 Å². The molecule has 19 heavy (non-hydrogen) atoms. The summed E-state index contributed by atoms with van der Waals surface area (Å²) in [5, 5.41) is 7.65. The summed E-state index contributed by atoms with van der Waals surface area (Å²) in [6, 6.07) is 5.18. The number of ether oxygens (including phenoxy) is 1. The Bertz CT molecular complexity index is 523. The van der Waals surface area contributed by atoms with Gasteiger partial charge in [-0.25, -0.2) is 0 Å². The molecule has 3 nitrogen and oxygen atoms in total. The molecule has 0 fully saturated rings. The Morgan fingerprint density at radius 1 is 1.53 bits per heavy atom. The fourth-order valence-corrected chi connectivity index (χ4v) is 1.70. The lowest BCUT2D eigenvalue weighted by Gasteiger charge is -2.14. The minimum absolute atomic E-state index is 0.166. The Hall–Kier alpha value is -1.74. The Kier molecular flexibility index (Phi) is 4.78. The van der Waals surface area contributed by atoms with Crippen LogP contribution in [-0.2, 0) is 11.2 Å². The first-order chi connectivity index (χ1) is 8.74. The molecule has 1 aromatic rings. The average Bonchev–Trinajstić information content (AvgIpc) is 2.26. The van der Waals surface area contributed by atoms with Gasteiger partial charge in [-0.1, -0.05) is 6.07 Å². The monoisotopic (exact) mass is 291 g/mol. The van der Waals surface area contributed by atoms with Crippen molar-refractivity contribution in [1.82, 2.24) is 0 Å². The molecule has 1 unspecified atom stereocenters. The van der Waals surface area contributed by atoms with Crippen molar-refractivity contribution in [2.45, 2.75) is 25.1 Å². The largest absolute Gasteiger partial charge is 0.573 e. The molecule has 0 bridgehead atoms. The first kappa shape index (κ1) is 15.3. The van der Waals surface area contributed by atoms with E-state index in [0.717, 1.165) is 12.1 Å². The van der Waals surface area contributed by atoms with Crippen molar-refractivity contribution in [3.05, 3.63) is 29.3 Å². The first-order valence-corrected chi connectivity index (χ1v) is 5.58. The smallest absolute Gasteiger partial charge is 0.406 e. The number of carbonyl (C=O) groups excluding carboxylic acids is 1. The van der Waals surface area contributed by atoms with Gasteiger partial charge < -0.3 is 4.74 Å². The second-order valence-electron chi connectivity index (χ2n) is 3.72. The van der Waals surface area contributed by atoms with Crippen molar-refractivity contribution in [2.75, 3.05) is 0 Å². The molecular weight excluding hydrogens is 283 g/mol. The second kappa shape index (κ2) is 5.93. The Balaban J connectivity index is 3.15. The molecule has 0 heterocycles. The molecule has 1 rings (SSSR count). The van der Waals surface area contributed by atoms with Gasteiger partial charge in [-0.15, -0.1) is 24.8 Å². The third-order valence-electron chi connectivity index (χ3n) is 2.25. The Labute approximate surface area is 112 Å². The molecule has 0 saturated heterocycles. The zero-order chi connectivity index (χ0) is 14.6. The minimum atomic E-state index is -4.81. The van der Waals surface area contributed by atoms with Crippen molar-refractivity contribution in [3.63, 3.8) is 0 Å². The number of hydrogen-bond acceptors (Lipinski definition) is 3. The number of nitriles is 1. The number of Topliss-reactive ketones (excluding diaryl/α,β-unsaturated/α-hetero) is 1. The maximum atomic E-state index is 12.1. The quantitative estimate of drug-likeness (QED) is 0.798. The van der Waals surface area contributed by atoms with Gasteiger partial charge in [-0.2, -0.15) is 5.26 Å². The fourth-order valence-electron chi connectivity index (χ4n) is 1.48. The Morgan fingerprint density at radius 2 is 2.16 bits per heavy atom. The van der Waals surface area contributed by atoms with Gasteiger partial charge in [0.25, 0.3) is 0 Å². The van der Waals surface area contributed by atoms with Crippen LogP contribution in [0.5, 0.6) is 5.75 Å². The van der Waals surface area contributed by atoms with E-state index >= 15 is 0 Å². The molecule has 0 saturated carbocycles. The van der Waals surface area contributed by atoms with Gasteiger partial charge in [0.1, 0.15) is 11.1 Å². The van der Waals surface area contributed by atoms with Gasteiger partial charge in [0, 0.05) is 0 Å². The number of hydrogen-bond donors (Lipinski definition) is 0. The summed E-state index contributed by atoms with van der Waals surface area (Å²) >= 11 is 5.85. The topological polar surface area (TPSA) is 50.1 Å². The first-order valence-electron chi connectivity index (χ1n) is 5.14. The van der Waals surface area contributed by atoms with E-state index in [-0.39, 0.29) is 17.8 Å². The molecule has 0 aliphatic rings. The van der Waals surface area contributed by atoms with E-state index in [2.05, 4.69) is 4.74 Å². The maximum Gasteiger partial charge on any atom is 0.573 e. The van der Waals surface area contributed by atoms with Gasteiger partial charge >= 0.3 is 6.36 Å². The van der Waals surface area contributed by atoms with Gasteiger partial charge in [0.2, 0.25) is 0 Å². The van der Waals surface area contributed by atoms with E-state index in [1.807, 2.05) is 0 Å². The van der Waals surface area contributed by atoms with Crippen LogP contribution in [0.25, 0.3) is 0 Å². The lowest BCUT2D eigenvalue weighted by atomic mass is 10.00. The van der Waals surface area contributed by atoms with Crippen LogP contribution < -0.4 is 4.74 Å². The van der Waals surface area contributed by atoms with E-state index in [1.165, 1.54) is 13.0 Å². The lowest BCUT2D eigenvalue weighted by molar-refractivity contribution is -0.274. The summed E-state index contributed by atoms with van der Waals surface area (Å²) in [6.07, 6.45) is -4.98. The van der Waals surface area contributed by atoms with Crippen LogP contribution in [0.4, 0.5) is 13.2 Å². The van der Waals surface area contributed by atoms with Crippen molar-refractivity contribution in [1.29, 1.82) is 5.26 Å². The molecular formula is C12H9ClF3NO2. The molecule has 0 spiro atoms. The number of alkyl halides is 4. The summed E-state index contributed by atoms with van der Waals surface area (Å²) in [6.45, 7) is 1.26. The van der Waals surface area contributed by atoms with E-state index < -0.39 is 17.5 Å². The van der Waals surface area contributed by atoms with Gasteiger partial charge in [0.15, 0.2) is 5.78 Å². The van der Waals surface area contributed by atoms with E-state index in [4.69, 9.17) is 16.9 Å². The third-order valence-corrected chi connectivity index (χ3v) is 2.79. The molecule has 7 heteroatoms. The van der Waals surface area contributed by atoms with Crippen molar-refractivity contribution in [3.8, 4) is 11.8 Å². The number of carbonyl (C=O) groups is 1.